The summed E-state index contributed by atoms with van der Waals surface area (Å²) in [4.78, 5) is 18.8. The lowest BCUT2D eigenvalue weighted by Gasteiger charge is -2.37. The van der Waals surface area contributed by atoms with Crippen molar-refractivity contribution in [1.82, 2.24) is 9.88 Å². The molecule has 1 saturated heterocycles. The Balaban J connectivity index is 1.26. The van der Waals surface area contributed by atoms with Gasteiger partial charge in [0, 0.05) is 56.0 Å². The van der Waals surface area contributed by atoms with Gasteiger partial charge in [-0.3, -0.25) is 4.98 Å². The Labute approximate surface area is 165 Å². The molecule has 2 fully saturated rings. The number of methoxy groups -OCH3 is 1. The third-order valence-corrected chi connectivity index (χ3v) is 5.77. The molecule has 2 bridgehead atoms. The fraction of sp³-hybridized carbons (Fsp3) is 0.455. The van der Waals surface area contributed by atoms with E-state index in [1.807, 2.05) is 47.4 Å². The Bertz CT molecular complexity index is 767. The van der Waals surface area contributed by atoms with Gasteiger partial charge in [0.05, 0.1) is 12.7 Å². The van der Waals surface area contributed by atoms with Crippen LogP contribution in [-0.4, -0.2) is 48.8 Å². The summed E-state index contributed by atoms with van der Waals surface area (Å²) >= 11 is 0. The smallest absolute Gasteiger partial charge is 0.321 e. The topological polar surface area (TPSA) is 63.7 Å². The molecular weight excluding hydrogens is 354 g/mol. The molecule has 6 nitrogen and oxygen atoms in total. The average Bonchev–Trinajstić information content (AvgIpc) is 2.97. The number of aromatic nitrogens is 1. The Hall–Kier alpha value is -2.60. The molecule has 1 aromatic heterocycles. The SMILES string of the molecule is COC1[C@@H]2CC[C@H]1CN(C(=O)Nc1ccc(OCCc3ccccn3)cc1)C2. The maximum Gasteiger partial charge on any atom is 0.321 e. The molecule has 2 amide bonds. The third-order valence-electron chi connectivity index (χ3n) is 5.77. The highest BCUT2D eigenvalue weighted by atomic mass is 16.5. The molecule has 1 N–H and O–H groups in total. The summed E-state index contributed by atoms with van der Waals surface area (Å²) in [6, 6.07) is 13.4. The van der Waals surface area contributed by atoms with Crippen molar-refractivity contribution in [3.63, 3.8) is 0 Å². The highest BCUT2D eigenvalue weighted by Gasteiger charge is 2.43. The van der Waals surface area contributed by atoms with Crippen LogP contribution in [0.2, 0.25) is 0 Å². The van der Waals surface area contributed by atoms with Crippen LogP contribution in [0.4, 0.5) is 10.5 Å². The summed E-state index contributed by atoms with van der Waals surface area (Å²) in [5.74, 6) is 1.71. The molecule has 1 unspecified atom stereocenters. The third kappa shape index (κ3) is 4.28. The minimum absolute atomic E-state index is 0.0322. The second kappa shape index (κ2) is 8.61. The van der Waals surface area contributed by atoms with Gasteiger partial charge >= 0.3 is 6.03 Å². The zero-order valence-corrected chi connectivity index (χ0v) is 16.2. The lowest BCUT2D eigenvalue weighted by Crippen LogP contribution is -2.49. The molecule has 4 rings (SSSR count). The van der Waals surface area contributed by atoms with Gasteiger partial charge in [-0.1, -0.05) is 6.07 Å². The Morgan fingerprint density at radius 1 is 1.14 bits per heavy atom. The number of likely N-dealkylation sites (tertiary alicyclic amines) is 1. The van der Waals surface area contributed by atoms with Gasteiger partial charge in [0.2, 0.25) is 0 Å². The van der Waals surface area contributed by atoms with Gasteiger partial charge in [0.25, 0.3) is 0 Å². The van der Waals surface area contributed by atoms with Crippen molar-refractivity contribution in [2.45, 2.75) is 25.4 Å². The molecule has 2 heterocycles. The van der Waals surface area contributed by atoms with Crippen LogP contribution in [0.3, 0.4) is 0 Å². The molecule has 3 atom stereocenters. The van der Waals surface area contributed by atoms with Crippen molar-refractivity contribution in [3.05, 3.63) is 54.4 Å². The van der Waals surface area contributed by atoms with Crippen molar-refractivity contribution in [3.8, 4) is 5.75 Å². The van der Waals surface area contributed by atoms with E-state index in [-0.39, 0.29) is 6.03 Å². The van der Waals surface area contributed by atoms with Crippen molar-refractivity contribution in [1.29, 1.82) is 0 Å². The van der Waals surface area contributed by atoms with E-state index in [9.17, 15) is 4.79 Å². The summed E-state index contributed by atoms with van der Waals surface area (Å²) in [6.45, 7) is 2.12. The zero-order chi connectivity index (χ0) is 19.3. The van der Waals surface area contributed by atoms with Crippen molar-refractivity contribution in [2.24, 2.45) is 11.8 Å². The molecule has 6 heteroatoms. The quantitative estimate of drug-likeness (QED) is 0.831. The van der Waals surface area contributed by atoms with Crippen LogP contribution >= 0.6 is 0 Å². The van der Waals surface area contributed by atoms with E-state index >= 15 is 0 Å². The number of carbonyl (C=O) groups is 1. The molecular formula is C22H27N3O3. The van der Waals surface area contributed by atoms with Gasteiger partial charge in [-0.25, -0.2) is 4.79 Å². The minimum Gasteiger partial charge on any atom is -0.493 e. The number of pyridine rings is 1. The van der Waals surface area contributed by atoms with E-state index in [0.717, 1.165) is 49.5 Å². The Morgan fingerprint density at radius 2 is 1.89 bits per heavy atom. The maximum absolute atomic E-state index is 12.6. The number of carbonyl (C=O) groups excluding carboxylic acids is 1. The highest BCUT2D eigenvalue weighted by Crippen LogP contribution is 2.38. The number of hydrogen-bond acceptors (Lipinski definition) is 4. The van der Waals surface area contributed by atoms with Gasteiger partial charge < -0.3 is 19.7 Å². The van der Waals surface area contributed by atoms with Crippen LogP contribution in [0, 0.1) is 11.8 Å². The molecule has 1 saturated carbocycles. The van der Waals surface area contributed by atoms with Crippen molar-refractivity contribution >= 4 is 11.7 Å². The first-order valence-corrected chi connectivity index (χ1v) is 9.94. The molecule has 148 valence electrons. The summed E-state index contributed by atoms with van der Waals surface area (Å²) in [5, 5.41) is 3.00. The number of piperidine rings is 1. The predicted octanol–water partition coefficient (Wildman–Crippen LogP) is 3.59. The van der Waals surface area contributed by atoms with Crippen LogP contribution in [0.25, 0.3) is 0 Å². The number of hydrogen-bond donors (Lipinski definition) is 1. The van der Waals surface area contributed by atoms with E-state index in [1.54, 1.807) is 13.3 Å². The van der Waals surface area contributed by atoms with E-state index in [0.29, 0.717) is 24.5 Å². The number of rotatable bonds is 6. The average molecular weight is 381 g/mol. The number of ether oxygens (including phenoxy) is 2. The first-order chi connectivity index (χ1) is 13.7. The van der Waals surface area contributed by atoms with Gasteiger partial charge in [-0.05, 0) is 49.2 Å². The summed E-state index contributed by atoms with van der Waals surface area (Å²) < 4.78 is 11.4. The number of urea groups is 1. The zero-order valence-electron chi connectivity index (χ0n) is 16.2. The molecule has 2 aromatic rings. The first-order valence-electron chi connectivity index (χ1n) is 9.94. The molecule has 2 aliphatic rings. The first kappa shape index (κ1) is 18.7. The largest absolute Gasteiger partial charge is 0.493 e. The molecule has 28 heavy (non-hydrogen) atoms. The molecule has 1 aromatic carbocycles. The maximum atomic E-state index is 12.6. The Morgan fingerprint density at radius 3 is 2.54 bits per heavy atom. The van der Waals surface area contributed by atoms with Crippen LogP contribution in [0.1, 0.15) is 18.5 Å². The van der Waals surface area contributed by atoms with Crippen LogP contribution in [-0.2, 0) is 11.2 Å². The van der Waals surface area contributed by atoms with Gasteiger partial charge in [0.1, 0.15) is 5.75 Å². The van der Waals surface area contributed by atoms with E-state index < -0.39 is 0 Å². The fourth-order valence-electron chi connectivity index (χ4n) is 4.38. The minimum atomic E-state index is -0.0322. The van der Waals surface area contributed by atoms with Crippen LogP contribution in [0.5, 0.6) is 5.75 Å². The standard InChI is InChI=1S/C22H27N3O3/c1-27-21-16-5-6-17(21)15-25(14-16)22(26)24-19-7-9-20(10-8-19)28-13-11-18-4-2-3-12-23-18/h2-4,7-10,12,16-17,21H,5-6,11,13-15H2,1H3,(H,24,26)/t16-,17+,21?. The number of nitrogens with one attached hydrogen (secondary N) is 1. The predicted molar refractivity (Wildman–Crippen MR) is 107 cm³/mol. The number of benzene rings is 1. The van der Waals surface area contributed by atoms with Crippen molar-refractivity contribution in [2.75, 3.05) is 32.1 Å². The second-order valence-electron chi connectivity index (χ2n) is 7.58. The van der Waals surface area contributed by atoms with Gasteiger partial charge in [0.15, 0.2) is 0 Å². The monoisotopic (exact) mass is 381 g/mol. The molecule has 1 aliphatic carbocycles. The number of nitrogens with zero attached hydrogens (tertiary/aromatic N) is 2. The summed E-state index contributed by atoms with van der Waals surface area (Å²) in [7, 11) is 1.78. The van der Waals surface area contributed by atoms with Crippen LogP contribution in [0.15, 0.2) is 48.7 Å². The second-order valence-corrected chi connectivity index (χ2v) is 7.58. The molecule has 0 spiro atoms. The Kier molecular flexibility index (Phi) is 5.76. The van der Waals surface area contributed by atoms with E-state index in [2.05, 4.69) is 10.3 Å². The van der Waals surface area contributed by atoms with Crippen molar-refractivity contribution < 1.29 is 14.3 Å². The van der Waals surface area contributed by atoms with Gasteiger partial charge in [-0.2, -0.15) is 0 Å². The van der Waals surface area contributed by atoms with Crippen LogP contribution < -0.4 is 10.1 Å². The number of anilines is 1. The molecule has 0 radical (unpaired) electrons. The van der Waals surface area contributed by atoms with E-state index in [4.69, 9.17) is 9.47 Å². The molecule has 1 aliphatic heterocycles. The fourth-order valence-corrected chi connectivity index (χ4v) is 4.38. The van der Waals surface area contributed by atoms with E-state index in [1.165, 1.54) is 0 Å². The highest BCUT2D eigenvalue weighted by molar-refractivity contribution is 5.89. The van der Waals surface area contributed by atoms with Gasteiger partial charge in [-0.15, -0.1) is 0 Å². The number of amides is 2. The lowest BCUT2D eigenvalue weighted by molar-refractivity contribution is -0.00364. The summed E-state index contributed by atoms with van der Waals surface area (Å²) in [5.41, 5.74) is 1.79. The lowest BCUT2D eigenvalue weighted by atomic mass is 9.95. The summed E-state index contributed by atoms with van der Waals surface area (Å²) in [6.07, 6.45) is 5.16. The number of fused-ring (bicyclic) bond motifs is 2. The normalized spacial score (nSPS) is 23.5.